The van der Waals surface area contributed by atoms with Gasteiger partial charge in [-0.2, -0.15) is 0 Å². The fourth-order valence-corrected chi connectivity index (χ4v) is 0.949. The Labute approximate surface area is 79.0 Å². The molecule has 0 spiro atoms. The number of nitrogens with zero attached hydrogens (tertiary/aromatic N) is 1. The van der Waals surface area contributed by atoms with Gasteiger partial charge in [-0.15, -0.1) is 0 Å². The molecule has 1 aliphatic rings. The molecule has 13 heavy (non-hydrogen) atoms. The number of carbonyl (C=O) groups excluding carboxylic acids is 1. The maximum absolute atomic E-state index is 9.93. The third kappa shape index (κ3) is 5.42. The molecule has 75 valence electrons. The molecule has 0 saturated carbocycles. The monoisotopic (exact) mass is 185 g/mol. The molecule has 1 saturated heterocycles. The highest BCUT2D eigenvalue weighted by Gasteiger charge is 2.12. The summed E-state index contributed by atoms with van der Waals surface area (Å²) in [5.74, 6) is 7.10. The molecule has 0 atom stereocenters. The maximum atomic E-state index is 9.93. The van der Waals surface area contributed by atoms with E-state index in [-0.39, 0.29) is 6.61 Å². The first-order valence-electron chi connectivity index (χ1n) is 4.60. The van der Waals surface area contributed by atoms with Crippen LogP contribution in [0.3, 0.4) is 0 Å². The topological polar surface area (TPSA) is 66.2 Å². The average molecular weight is 185 g/mol. The van der Waals surface area contributed by atoms with Crippen LogP contribution < -0.4 is 5.84 Å². The highest BCUT2D eigenvalue weighted by Crippen LogP contribution is 2.12. The Balaban J connectivity index is 0.000000252. The second-order valence-corrected chi connectivity index (χ2v) is 2.90. The van der Waals surface area contributed by atoms with Gasteiger partial charge in [-0.1, -0.05) is 13.3 Å². The first kappa shape index (κ1) is 12.2. The second-order valence-electron chi connectivity index (χ2n) is 2.90. The Morgan fingerprint density at radius 3 is 2.46 bits per heavy atom. The Hall–Kier alpha value is -0.830. The molecule has 1 radical (unpaired) electrons. The summed E-state index contributed by atoms with van der Waals surface area (Å²) in [5, 5.41) is 11.0. The molecule has 0 bridgehead atoms. The number of hydrogen-bond acceptors (Lipinski definition) is 3. The van der Waals surface area contributed by atoms with Crippen LogP contribution in [0.5, 0.6) is 0 Å². The molecule has 0 unspecified atom stereocenters. The van der Waals surface area contributed by atoms with E-state index in [1.807, 2.05) is 6.92 Å². The number of unbranched alkanes of at least 4 members (excludes halogenated alkanes) is 1. The van der Waals surface area contributed by atoms with Crippen molar-refractivity contribution in [2.24, 2.45) is 5.84 Å². The van der Waals surface area contributed by atoms with Gasteiger partial charge in [0.2, 0.25) is 0 Å². The molecule has 1 rings (SSSR count). The lowest BCUT2D eigenvalue weighted by molar-refractivity contribution is 0.188. The molecule has 0 aromatic carbocycles. The van der Waals surface area contributed by atoms with E-state index in [1.165, 1.54) is 5.01 Å². The highest BCUT2D eigenvalue weighted by molar-refractivity contribution is 5.51. The van der Waals surface area contributed by atoms with Crippen LogP contribution in [-0.4, -0.2) is 24.1 Å². The summed E-state index contributed by atoms with van der Waals surface area (Å²) < 4.78 is 0. The van der Waals surface area contributed by atoms with Gasteiger partial charge >= 0.3 is 0 Å². The lowest BCUT2D eigenvalue weighted by Crippen LogP contribution is -2.25. The van der Waals surface area contributed by atoms with Crippen molar-refractivity contribution in [1.82, 2.24) is 5.01 Å². The van der Waals surface area contributed by atoms with E-state index in [1.54, 1.807) is 5.94 Å². The first-order valence-corrected chi connectivity index (χ1v) is 4.60. The van der Waals surface area contributed by atoms with Crippen molar-refractivity contribution >= 4 is 5.94 Å². The highest BCUT2D eigenvalue weighted by atomic mass is 16.2. The van der Waals surface area contributed by atoms with Crippen molar-refractivity contribution < 1.29 is 9.90 Å². The van der Waals surface area contributed by atoms with Crippen molar-refractivity contribution in [3.63, 3.8) is 0 Å². The van der Waals surface area contributed by atoms with Crippen LogP contribution in [0.1, 0.15) is 32.6 Å². The Kier molecular flexibility index (Phi) is 7.30. The predicted octanol–water partition coefficient (Wildman–Crippen LogP) is 0.888. The fourth-order valence-electron chi connectivity index (χ4n) is 0.949. The zero-order chi connectivity index (χ0) is 10.1. The molecule has 0 aromatic rings. The minimum absolute atomic E-state index is 0.0938. The van der Waals surface area contributed by atoms with Gasteiger partial charge in [0.15, 0.2) is 0 Å². The van der Waals surface area contributed by atoms with Crippen LogP contribution >= 0.6 is 0 Å². The van der Waals surface area contributed by atoms with Crippen LogP contribution in [0.4, 0.5) is 0 Å². The maximum Gasteiger partial charge on any atom is 0.147 e. The summed E-state index contributed by atoms with van der Waals surface area (Å²) in [5.41, 5.74) is 0.602. The number of allylic oxidation sites excluding steroid dienone is 1. The number of rotatable bonds is 2. The Morgan fingerprint density at radius 2 is 2.31 bits per heavy atom. The van der Waals surface area contributed by atoms with E-state index in [2.05, 4.69) is 0 Å². The fraction of sp³-hybridized carbons (Fsp3) is 0.778. The van der Waals surface area contributed by atoms with Gasteiger partial charge < -0.3 is 5.01 Å². The van der Waals surface area contributed by atoms with E-state index >= 15 is 0 Å². The quantitative estimate of drug-likeness (QED) is 0.513. The average Bonchev–Trinajstić information content (AvgIpc) is 2.53. The van der Waals surface area contributed by atoms with Crippen LogP contribution in [0.25, 0.3) is 0 Å². The van der Waals surface area contributed by atoms with Crippen molar-refractivity contribution in [2.45, 2.75) is 32.6 Å². The summed E-state index contributed by atoms with van der Waals surface area (Å²) in [6.07, 6.45) is 3.64. The summed E-state index contributed by atoms with van der Waals surface area (Å²) in [7, 11) is 0. The summed E-state index contributed by atoms with van der Waals surface area (Å²) in [4.78, 5) is 9.93. The zero-order valence-corrected chi connectivity index (χ0v) is 8.08. The molecular weight excluding hydrogens is 168 g/mol. The SMILES string of the molecule is CCCC[O].NN1CCCC1=C=O. The molecule has 1 aliphatic heterocycles. The third-order valence-corrected chi connectivity index (χ3v) is 1.77. The van der Waals surface area contributed by atoms with Gasteiger partial charge in [0, 0.05) is 13.0 Å². The van der Waals surface area contributed by atoms with E-state index in [4.69, 9.17) is 5.84 Å². The summed E-state index contributed by atoms with van der Waals surface area (Å²) in [6, 6.07) is 0. The number of hydrogen-bond donors (Lipinski definition) is 1. The molecule has 1 heterocycles. The van der Waals surface area contributed by atoms with Crippen molar-refractivity contribution in [3.05, 3.63) is 5.70 Å². The minimum atomic E-state index is 0.0938. The van der Waals surface area contributed by atoms with Crippen molar-refractivity contribution in [2.75, 3.05) is 13.2 Å². The number of nitrogens with two attached hydrogens (primary N) is 1. The molecule has 0 amide bonds. The van der Waals surface area contributed by atoms with E-state index in [9.17, 15) is 9.90 Å². The van der Waals surface area contributed by atoms with Crippen molar-refractivity contribution in [3.8, 4) is 0 Å². The van der Waals surface area contributed by atoms with Crippen LogP contribution in [0, 0.1) is 0 Å². The number of hydrazine groups is 1. The minimum Gasteiger partial charge on any atom is -0.304 e. The lowest BCUT2D eigenvalue weighted by atomic mass is 10.3. The molecule has 1 fully saturated rings. The molecule has 0 aliphatic carbocycles. The van der Waals surface area contributed by atoms with Crippen LogP contribution in [-0.2, 0) is 9.90 Å². The van der Waals surface area contributed by atoms with Crippen molar-refractivity contribution in [1.29, 1.82) is 0 Å². The molecule has 0 aromatic heterocycles. The molecule has 4 heteroatoms. The Morgan fingerprint density at radius 1 is 1.62 bits per heavy atom. The van der Waals surface area contributed by atoms with Gasteiger partial charge in [0.25, 0.3) is 0 Å². The van der Waals surface area contributed by atoms with Gasteiger partial charge in [0.1, 0.15) is 11.6 Å². The molecule has 4 nitrogen and oxygen atoms in total. The van der Waals surface area contributed by atoms with Gasteiger partial charge in [-0.3, -0.25) is 0 Å². The first-order chi connectivity index (χ1) is 6.26. The Bertz CT molecular complexity index is 174. The van der Waals surface area contributed by atoms with Gasteiger partial charge in [-0.05, 0) is 12.8 Å². The summed E-state index contributed by atoms with van der Waals surface area (Å²) in [6.45, 7) is 2.90. The van der Waals surface area contributed by atoms with Crippen LogP contribution in [0.2, 0.25) is 0 Å². The standard InChI is InChI=1S/C5H8N2O.C4H9O/c6-7-3-1-2-5(7)4-8;1-2-3-4-5/h1-3,6H2;2-4H2,1H3. The molecular formula is C9H17N2O2. The third-order valence-electron chi connectivity index (χ3n) is 1.77. The lowest BCUT2D eigenvalue weighted by Gasteiger charge is -2.06. The normalized spacial score (nSPS) is 15.0. The largest absolute Gasteiger partial charge is 0.304 e. The summed E-state index contributed by atoms with van der Waals surface area (Å²) >= 11 is 0. The van der Waals surface area contributed by atoms with Crippen LogP contribution in [0.15, 0.2) is 5.70 Å². The van der Waals surface area contributed by atoms with Gasteiger partial charge in [-0.25, -0.2) is 15.7 Å². The smallest absolute Gasteiger partial charge is 0.147 e. The molecule has 2 N–H and O–H groups in total. The van der Waals surface area contributed by atoms with E-state index in [0.717, 1.165) is 32.2 Å². The second kappa shape index (κ2) is 7.80. The predicted molar refractivity (Wildman–Crippen MR) is 49.8 cm³/mol. The van der Waals surface area contributed by atoms with Gasteiger partial charge in [0.05, 0.1) is 6.61 Å². The zero-order valence-electron chi connectivity index (χ0n) is 8.08. The van der Waals surface area contributed by atoms with E-state index < -0.39 is 0 Å². The van der Waals surface area contributed by atoms with E-state index in [0.29, 0.717) is 5.70 Å².